The molecule has 5 heteroatoms. The lowest BCUT2D eigenvalue weighted by Gasteiger charge is -2.19. The van der Waals surface area contributed by atoms with Crippen LogP contribution >= 0.6 is 11.3 Å². The van der Waals surface area contributed by atoms with Crippen molar-refractivity contribution in [2.75, 3.05) is 13.6 Å². The van der Waals surface area contributed by atoms with Crippen molar-refractivity contribution in [1.82, 2.24) is 9.88 Å². The SMILES string of the molecule is CN(CC(O)C1CC1)C(=O)c1cnc(Cc2ccccc2)s1. The fourth-order valence-corrected chi connectivity index (χ4v) is 3.39. The van der Waals surface area contributed by atoms with E-state index in [2.05, 4.69) is 17.1 Å². The van der Waals surface area contributed by atoms with Gasteiger partial charge in [-0.2, -0.15) is 0 Å². The predicted molar refractivity (Wildman–Crippen MR) is 87.1 cm³/mol. The van der Waals surface area contributed by atoms with E-state index >= 15 is 0 Å². The lowest BCUT2D eigenvalue weighted by molar-refractivity contribution is 0.0649. The van der Waals surface area contributed by atoms with Crippen LogP contribution in [0.15, 0.2) is 36.5 Å². The van der Waals surface area contributed by atoms with Crippen molar-refractivity contribution in [3.05, 3.63) is 52.0 Å². The Bertz CT molecular complexity index is 637. The van der Waals surface area contributed by atoms with Crippen LogP contribution in [0.5, 0.6) is 0 Å². The molecule has 1 aliphatic carbocycles. The molecule has 1 atom stereocenters. The van der Waals surface area contributed by atoms with E-state index in [4.69, 9.17) is 0 Å². The van der Waals surface area contributed by atoms with Crippen molar-refractivity contribution in [3.63, 3.8) is 0 Å². The molecule has 1 saturated carbocycles. The van der Waals surface area contributed by atoms with Gasteiger partial charge in [0.15, 0.2) is 0 Å². The zero-order valence-corrected chi connectivity index (χ0v) is 13.4. The Morgan fingerprint density at radius 3 is 2.82 bits per heavy atom. The molecule has 116 valence electrons. The maximum Gasteiger partial charge on any atom is 0.265 e. The lowest BCUT2D eigenvalue weighted by Crippen LogP contribution is -2.34. The first-order chi connectivity index (χ1) is 10.6. The van der Waals surface area contributed by atoms with E-state index in [0.29, 0.717) is 17.3 Å². The molecule has 1 fully saturated rings. The van der Waals surface area contributed by atoms with Crippen LogP contribution in [0.25, 0.3) is 0 Å². The molecule has 1 unspecified atom stereocenters. The molecule has 1 aliphatic rings. The minimum Gasteiger partial charge on any atom is -0.391 e. The summed E-state index contributed by atoms with van der Waals surface area (Å²) in [5, 5.41) is 10.9. The second kappa shape index (κ2) is 6.58. The topological polar surface area (TPSA) is 53.4 Å². The summed E-state index contributed by atoms with van der Waals surface area (Å²) in [7, 11) is 1.74. The van der Waals surface area contributed by atoms with Gasteiger partial charge in [0.25, 0.3) is 5.91 Å². The number of carbonyl (C=O) groups is 1. The zero-order chi connectivity index (χ0) is 15.5. The number of aliphatic hydroxyl groups is 1. The summed E-state index contributed by atoms with van der Waals surface area (Å²) in [6, 6.07) is 10.1. The van der Waals surface area contributed by atoms with E-state index in [0.717, 1.165) is 24.3 Å². The van der Waals surface area contributed by atoms with Crippen LogP contribution in [0, 0.1) is 5.92 Å². The number of aliphatic hydroxyl groups excluding tert-OH is 1. The number of aromatic nitrogens is 1. The van der Waals surface area contributed by atoms with E-state index in [1.54, 1.807) is 18.1 Å². The summed E-state index contributed by atoms with van der Waals surface area (Å²) in [4.78, 5) is 19.0. The van der Waals surface area contributed by atoms with E-state index in [-0.39, 0.29) is 5.91 Å². The first-order valence-electron chi connectivity index (χ1n) is 7.55. The van der Waals surface area contributed by atoms with E-state index in [1.165, 1.54) is 16.9 Å². The van der Waals surface area contributed by atoms with Gasteiger partial charge in [-0.15, -0.1) is 11.3 Å². The Balaban J connectivity index is 1.61. The first kappa shape index (κ1) is 15.2. The number of hydrogen-bond acceptors (Lipinski definition) is 4. The summed E-state index contributed by atoms with van der Waals surface area (Å²) < 4.78 is 0. The summed E-state index contributed by atoms with van der Waals surface area (Å²) in [5.41, 5.74) is 1.19. The molecule has 1 N–H and O–H groups in total. The van der Waals surface area contributed by atoms with Crippen LogP contribution < -0.4 is 0 Å². The Morgan fingerprint density at radius 2 is 2.14 bits per heavy atom. The molecule has 1 aromatic carbocycles. The lowest BCUT2D eigenvalue weighted by atomic mass is 10.2. The van der Waals surface area contributed by atoms with Gasteiger partial charge in [0.1, 0.15) is 4.88 Å². The minimum absolute atomic E-state index is 0.0588. The van der Waals surface area contributed by atoms with Gasteiger partial charge in [0.05, 0.1) is 17.3 Å². The average molecular weight is 316 g/mol. The number of thiazole rings is 1. The zero-order valence-electron chi connectivity index (χ0n) is 12.6. The van der Waals surface area contributed by atoms with Gasteiger partial charge in [-0.25, -0.2) is 4.98 Å². The maximum absolute atomic E-state index is 12.4. The van der Waals surface area contributed by atoms with Crippen LogP contribution in [0.2, 0.25) is 0 Å². The molecule has 2 aromatic rings. The molecule has 0 bridgehead atoms. The second-order valence-electron chi connectivity index (χ2n) is 5.87. The third-order valence-electron chi connectivity index (χ3n) is 3.94. The standard InChI is InChI=1S/C17H20N2O2S/c1-19(11-14(20)13-7-8-13)17(21)15-10-18-16(22-15)9-12-5-3-2-4-6-12/h2-6,10,13-14,20H,7-9,11H2,1H3. The Morgan fingerprint density at radius 1 is 1.41 bits per heavy atom. The summed E-state index contributed by atoms with van der Waals surface area (Å²) in [6.07, 6.45) is 4.14. The minimum atomic E-state index is -0.398. The van der Waals surface area contributed by atoms with Crippen molar-refractivity contribution < 1.29 is 9.90 Å². The van der Waals surface area contributed by atoms with E-state index in [1.807, 2.05) is 18.2 Å². The summed E-state index contributed by atoms with van der Waals surface area (Å²) >= 11 is 1.43. The van der Waals surface area contributed by atoms with Crippen LogP contribution in [0.4, 0.5) is 0 Å². The molecular weight excluding hydrogens is 296 g/mol. The van der Waals surface area contributed by atoms with Gasteiger partial charge >= 0.3 is 0 Å². The van der Waals surface area contributed by atoms with Crippen LogP contribution in [-0.4, -0.2) is 40.6 Å². The fourth-order valence-electron chi connectivity index (χ4n) is 2.44. The van der Waals surface area contributed by atoms with Gasteiger partial charge in [-0.1, -0.05) is 30.3 Å². The molecule has 0 spiro atoms. The van der Waals surface area contributed by atoms with Gasteiger partial charge in [-0.05, 0) is 24.3 Å². The van der Waals surface area contributed by atoms with Gasteiger partial charge in [0, 0.05) is 20.0 Å². The number of carbonyl (C=O) groups excluding carboxylic acids is 1. The molecule has 3 rings (SSSR count). The van der Waals surface area contributed by atoms with E-state index < -0.39 is 6.10 Å². The molecule has 0 radical (unpaired) electrons. The normalized spacial score (nSPS) is 15.5. The quantitative estimate of drug-likeness (QED) is 0.891. The number of nitrogens with zero attached hydrogens (tertiary/aromatic N) is 2. The highest BCUT2D eigenvalue weighted by atomic mass is 32.1. The predicted octanol–water partition coefficient (Wildman–Crippen LogP) is 2.58. The van der Waals surface area contributed by atoms with E-state index in [9.17, 15) is 9.90 Å². The molecule has 0 aliphatic heterocycles. The third-order valence-corrected chi connectivity index (χ3v) is 4.92. The average Bonchev–Trinajstić information content (AvgIpc) is 3.28. The summed E-state index contributed by atoms with van der Waals surface area (Å²) in [6.45, 7) is 0.398. The number of likely N-dealkylation sites (N-methyl/N-ethyl adjacent to an activating group) is 1. The maximum atomic E-state index is 12.4. The molecule has 1 heterocycles. The molecule has 1 aromatic heterocycles. The van der Waals surface area contributed by atoms with Crippen molar-refractivity contribution in [2.24, 2.45) is 5.92 Å². The highest BCUT2D eigenvalue weighted by molar-refractivity contribution is 7.13. The monoisotopic (exact) mass is 316 g/mol. The Kier molecular flexibility index (Phi) is 4.55. The first-order valence-corrected chi connectivity index (χ1v) is 8.37. The van der Waals surface area contributed by atoms with Crippen LogP contribution in [0.1, 0.15) is 33.1 Å². The number of amides is 1. The Labute approximate surface area is 134 Å². The van der Waals surface area contributed by atoms with Gasteiger partial charge in [-0.3, -0.25) is 4.79 Å². The largest absolute Gasteiger partial charge is 0.391 e. The van der Waals surface area contributed by atoms with Crippen molar-refractivity contribution >= 4 is 17.2 Å². The molecule has 0 saturated heterocycles. The van der Waals surface area contributed by atoms with Crippen molar-refractivity contribution in [3.8, 4) is 0 Å². The fraction of sp³-hybridized carbons (Fsp3) is 0.412. The molecule has 4 nitrogen and oxygen atoms in total. The summed E-state index contributed by atoms with van der Waals surface area (Å²) in [5.74, 6) is 0.321. The third kappa shape index (κ3) is 3.72. The highest BCUT2D eigenvalue weighted by Gasteiger charge is 2.31. The van der Waals surface area contributed by atoms with Crippen molar-refractivity contribution in [2.45, 2.75) is 25.4 Å². The number of hydrogen-bond donors (Lipinski definition) is 1. The second-order valence-corrected chi connectivity index (χ2v) is 6.99. The molecule has 1 amide bonds. The Hall–Kier alpha value is -1.72. The number of benzene rings is 1. The number of rotatable bonds is 6. The molecular formula is C17H20N2O2S. The van der Waals surface area contributed by atoms with Gasteiger partial charge in [0.2, 0.25) is 0 Å². The molecule has 22 heavy (non-hydrogen) atoms. The van der Waals surface area contributed by atoms with Crippen LogP contribution in [0.3, 0.4) is 0 Å². The smallest absolute Gasteiger partial charge is 0.265 e. The van der Waals surface area contributed by atoms with Gasteiger partial charge < -0.3 is 10.0 Å². The van der Waals surface area contributed by atoms with Crippen molar-refractivity contribution in [1.29, 1.82) is 0 Å². The highest BCUT2D eigenvalue weighted by Crippen LogP contribution is 2.33. The van der Waals surface area contributed by atoms with Crippen LogP contribution in [-0.2, 0) is 6.42 Å².